The molecule has 6 heteroatoms. The minimum absolute atomic E-state index is 0.00996. The highest BCUT2D eigenvalue weighted by Gasteiger charge is 2.19. The Labute approximate surface area is 115 Å². The zero-order valence-corrected chi connectivity index (χ0v) is 11.3. The molecule has 2 rings (SSSR count). The van der Waals surface area contributed by atoms with Crippen LogP contribution in [0.5, 0.6) is 5.75 Å². The third kappa shape index (κ3) is 3.50. The number of benzene rings is 1. The van der Waals surface area contributed by atoms with Crippen molar-refractivity contribution in [3.8, 4) is 5.75 Å². The van der Waals surface area contributed by atoms with Gasteiger partial charge in [0.2, 0.25) is 0 Å². The van der Waals surface area contributed by atoms with Crippen LogP contribution in [0.3, 0.4) is 0 Å². The van der Waals surface area contributed by atoms with Gasteiger partial charge in [-0.15, -0.1) is 0 Å². The maximum absolute atomic E-state index is 13.6. The van der Waals surface area contributed by atoms with Gasteiger partial charge >= 0.3 is 6.09 Å². The van der Waals surface area contributed by atoms with Crippen LogP contribution in [-0.4, -0.2) is 19.3 Å². The molecule has 0 unspecified atom stereocenters. The SMILES string of the molecule is COC(=O)Nc1cc(OC2CCCC2)c(Cl)cc1F. The van der Waals surface area contributed by atoms with Crippen LogP contribution in [0, 0.1) is 5.82 Å². The van der Waals surface area contributed by atoms with Crippen molar-refractivity contribution in [1.82, 2.24) is 0 Å². The smallest absolute Gasteiger partial charge is 0.411 e. The molecule has 0 saturated heterocycles. The molecule has 1 fully saturated rings. The highest BCUT2D eigenvalue weighted by atomic mass is 35.5. The largest absolute Gasteiger partial charge is 0.489 e. The number of amides is 1. The molecule has 0 aliphatic heterocycles. The van der Waals surface area contributed by atoms with Gasteiger partial charge in [-0.05, 0) is 31.7 Å². The number of anilines is 1. The van der Waals surface area contributed by atoms with E-state index in [9.17, 15) is 9.18 Å². The fourth-order valence-electron chi connectivity index (χ4n) is 2.06. The molecule has 0 bridgehead atoms. The van der Waals surface area contributed by atoms with Crippen molar-refractivity contribution in [2.24, 2.45) is 0 Å². The van der Waals surface area contributed by atoms with E-state index in [0.29, 0.717) is 5.75 Å². The van der Waals surface area contributed by atoms with E-state index in [1.54, 1.807) is 0 Å². The second-order valence-electron chi connectivity index (χ2n) is 4.40. The standard InChI is InChI=1S/C13H15ClFNO3/c1-18-13(17)16-11-7-12(9(14)6-10(11)15)19-8-4-2-3-5-8/h6-8H,2-5H2,1H3,(H,16,17). The van der Waals surface area contributed by atoms with E-state index in [4.69, 9.17) is 16.3 Å². The Morgan fingerprint density at radius 2 is 2.11 bits per heavy atom. The van der Waals surface area contributed by atoms with Crippen molar-refractivity contribution in [1.29, 1.82) is 0 Å². The number of carbonyl (C=O) groups is 1. The molecule has 1 aromatic carbocycles. The van der Waals surface area contributed by atoms with Crippen molar-refractivity contribution in [3.63, 3.8) is 0 Å². The quantitative estimate of drug-likeness (QED) is 0.915. The Morgan fingerprint density at radius 1 is 1.42 bits per heavy atom. The van der Waals surface area contributed by atoms with Crippen LogP contribution in [0.2, 0.25) is 5.02 Å². The first-order chi connectivity index (χ1) is 9.10. The van der Waals surface area contributed by atoms with E-state index in [1.807, 2.05) is 0 Å². The molecule has 1 amide bonds. The lowest BCUT2D eigenvalue weighted by Crippen LogP contribution is -2.14. The van der Waals surface area contributed by atoms with Crippen molar-refractivity contribution in [2.45, 2.75) is 31.8 Å². The fraction of sp³-hybridized carbons (Fsp3) is 0.462. The summed E-state index contributed by atoms with van der Waals surface area (Å²) < 4.78 is 23.8. The summed E-state index contributed by atoms with van der Waals surface area (Å²) in [5, 5.41) is 2.47. The van der Waals surface area contributed by atoms with E-state index in [1.165, 1.54) is 13.2 Å². The summed E-state index contributed by atoms with van der Waals surface area (Å²) in [7, 11) is 1.21. The van der Waals surface area contributed by atoms with Crippen LogP contribution in [-0.2, 0) is 4.74 Å². The molecule has 104 valence electrons. The minimum atomic E-state index is -0.743. The Morgan fingerprint density at radius 3 is 2.74 bits per heavy atom. The molecule has 0 aromatic heterocycles. The second kappa shape index (κ2) is 6.10. The summed E-state index contributed by atoms with van der Waals surface area (Å²) in [6.45, 7) is 0. The third-order valence-corrected chi connectivity index (χ3v) is 3.33. The van der Waals surface area contributed by atoms with Crippen molar-refractivity contribution >= 4 is 23.4 Å². The Bertz CT molecular complexity index is 475. The molecule has 19 heavy (non-hydrogen) atoms. The van der Waals surface area contributed by atoms with Gasteiger partial charge in [-0.3, -0.25) is 5.32 Å². The lowest BCUT2D eigenvalue weighted by molar-refractivity contribution is 0.186. The monoisotopic (exact) mass is 287 g/mol. The first kappa shape index (κ1) is 13.9. The number of carbonyl (C=O) groups excluding carboxylic acids is 1. The number of hydrogen-bond acceptors (Lipinski definition) is 3. The summed E-state index contributed by atoms with van der Waals surface area (Å²) in [6.07, 6.45) is 3.54. The van der Waals surface area contributed by atoms with Crippen molar-refractivity contribution in [3.05, 3.63) is 23.0 Å². The molecular formula is C13H15ClFNO3. The van der Waals surface area contributed by atoms with E-state index >= 15 is 0 Å². The Balaban J connectivity index is 2.17. The van der Waals surface area contributed by atoms with Crippen LogP contribution in [0.1, 0.15) is 25.7 Å². The molecule has 0 heterocycles. The molecule has 0 radical (unpaired) electrons. The molecule has 1 aliphatic rings. The van der Waals surface area contributed by atoms with Crippen LogP contribution in [0.15, 0.2) is 12.1 Å². The Hall–Kier alpha value is -1.49. The summed E-state index contributed by atoms with van der Waals surface area (Å²) in [4.78, 5) is 11.1. The minimum Gasteiger partial charge on any atom is -0.489 e. The number of hydrogen-bond donors (Lipinski definition) is 1. The van der Waals surface area contributed by atoms with Gasteiger partial charge in [0.15, 0.2) is 0 Å². The van der Waals surface area contributed by atoms with Crippen LogP contribution < -0.4 is 10.1 Å². The summed E-state index contributed by atoms with van der Waals surface area (Å²) >= 11 is 5.94. The number of rotatable bonds is 3. The first-order valence-corrected chi connectivity index (χ1v) is 6.48. The van der Waals surface area contributed by atoms with Crippen LogP contribution in [0.25, 0.3) is 0 Å². The van der Waals surface area contributed by atoms with Gasteiger partial charge in [-0.2, -0.15) is 0 Å². The number of halogens is 2. The van der Waals surface area contributed by atoms with Gasteiger partial charge in [-0.1, -0.05) is 11.6 Å². The summed E-state index contributed by atoms with van der Waals surface area (Å²) in [5.74, 6) is -0.254. The highest BCUT2D eigenvalue weighted by molar-refractivity contribution is 6.32. The van der Waals surface area contributed by atoms with E-state index in [2.05, 4.69) is 10.1 Å². The van der Waals surface area contributed by atoms with Gasteiger partial charge in [0, 0.05) is 6.07 Å². The van der Waals surface area contributed by atoms with Gasteiger partial charge in [0.25, 0.3) is 0 Å². The van der Waals surface area contributed by atoms with Gasteiger partial charge < -0.3 is 9.47 Å². The summed E-state index contributed by atoms with van der Waals surface area (Å²) in [6, 6.07) is 2.50. The maximum Gasteiger partial charge on any atom is 0.411 e. The lowest BCUT2D eigenvalue weighted by Gasteiger charge is -2.16. The molecule has 1 aliphatic carbocycles. The molecule has 1 saturated carbocycles. The van der Waals surface area contributed by atoms with Gasteiger partial charge in [0.1, 0.15) is 11.6 Å². The van der Waals surface area contributed by atoms with Gasteiger partial charge in [0.05, 0.1) is 23.9 Å². The van der Waals surface area contributed by atoms with Gasteiger partial charge in [-0.25, -0.2) is 9.18 Å². The summed E-state index contributed by atoms with van der Waals surface area (Å²) in [5.41, 5.74) is -0.00996. The van der Waals surface area contributed by atoms with E-state index in [-0.39, 0.29) is 16.8 Å². The average Bonchev–Trinajstić information content (AvgIpc) is 2.87. The van der Waals surface area contributed by atoms with E-state index in [0.717, 1.165) is 31.7 Å². The van der Waals surface area contributed by atoms with E-state index < -0.39 is 11.9 Å². The molecule has 0 spiro atoms. The highest BCUT2D eigenvalue weighted by Crippen LogP contribution is 2.33. The lowest BCUT2D eigenvalue weighted by atomic mass is 10.2. The molecule has 0 atom stereocenters. The average molecular weight is 288 g/mol. The molecule has 1 N–H and O–H groups in total. The first-order valence-electron chi connectivity index (χ1n) is 6.11. The topological polar surface area (TPSA) is 47.6 Å². The molecule has 1 aromatic rings. The fourth-order valence-corrected chi connectivity index (χ4v) is 2.26. The number of methoxy groups -OCH3 is 1. The zero-order chi connectivity index (χ0) is 13.8. The van der Waals surface area contributed by atoms with Crippen LogP contribution in [0.4, 0.5) is 14.9 Å². The predicted octanol–water partition coefficient (Wildman–Crippen LogP) is 3.98. The van der Waals surface area contributed by atoms with Crippen molar-refractivity contribution in [2.75, 3.05) is 12.4 Å². The molecule has 4 nitrogen and oxygen atoms in total. The number of nitrogens with one attached hydrogen (secondary N) is 1. The third-order valence-electron chi connectivity index (χ3n) is 3.04. The number of ether oxygens (including phenoxy) is 2. The molecular weight excluding hydrogens is 273 g/mol. The predicted molar refractivity (Wildman–Crippen MR) is 70.3 cm³/mol. The zero-order valence-electron chi connectivity index (χ0n) is 10.5. The van der Waals surface area contributed by atoms with Crippen molar-refractivity contribution < 1.29 is 18.7 Å². The maximum atomic E-state index is 13.6. The Kier molecular flexibility index (Phi) is 4.47. The van der Waals surface area contributed by atoms with Crippen LogP contribution >= 0.6 is 11.6 Å². The normalized spacial score (nSPS) is 15.3. The second-order valence-corrected chi connectivity index (χ2v) is 4.81.